The highest BCUT2D eigenvalue weighted by Crippen LogP contribution is 2.32. The zero-order valence-electron chi connectivity index (χ0n) is 17.9. The summed E-state index contributed by atoms with van der Waals surface area (Å²) in [7, 11) is 1.50. The van der Waals surface area contributed by atoms with Crippen LogP contribution < -0.4 is 15.6 Å². The SMILES string of the molecule is CCOC(=O)c1nn(-c2cccc(OC)c2)c(=O)c2c(NC(=O)c3cc(Br)ccc3Cl)scc12. The van der Waals surface area contributed by atoms with Gasteiger partial charge >= 0.3 is 5.97 Å². The van der Waals surface area contributed by atoms with Crippen LogP contribution in [0, 0.1) is 0 Å². The molecule has 2 heterocycles. The summed E-state index contributed by atoms with van der Waals surface area (Å²) in [6, 6.07) is 11.6. The number of methoxy groups -OCH3 is 1. The zero-order valence-corrected chi connectivity index (χ0v) is 21.1. The number of aromatic nitrogens is 2. The van der Waals surface area contributed by atoms with Crippen molar-refractivity contribution in [1.29, 1.82) is 0 Å². The highest BCUT2D eigenvalue weighted by atomic mass is 79.9. The van der Waals surface area contributed by atoms with E-state index in [0.29, 0.717) is 15.9 Å². The molecule has 8 nitrogen and oxygen atoms in total. The predicted molar refractivity (Wildman–Crippen MR) is 135 cm³/mol. The van der Waals surface area contributed by atoms with Gasteiger partial charge in [0.25, 0.3) is 11.5 Å². The van der Waals surface area contributed by atoms with Crippen LogP contribution in [0.4, 0.5) is 5.00 Å². The van der Waals surface area contributed by atoms with Crippen molar-refractivity contribution in [2.24, 2.45) is 0 Å². The molecule has 0 saturated carbocycles. The van der Waals surface area contributed by atoms with Gasteiger partial charge in [-0.05, 0) is 37.3 Å². The fraction of sp³-hybridized carbons (Fsp3) is 0.130. The van der Waals surface area contributed by atoms with Crippen LogP contribution in [0.5, 0.6) is 5.75 Å². The summed E-state index contributed by atoms with van der Waals surface area (Å²) in [6.45, 7) is 1.81. The van der Waals surface area contributed by atoms with Crippen molar-refractivity contribution in [3.63, 3.8) is 0 Å². The van der Waals surface area contributed by atoms with Crippen molar-refractivity contribution in [2.45, 2.75) is 6.92 Å². The average Bonchev–Trinajstić information content (AvgIpc) is 3.25. The maximum Gasteiger partial charge on any atom is 0.359 e. The molecule has 2 aromatic heterocycles. The minimum absolute atomic E-state index is 0.0449. The van der Waals surface area contributed by atoms with Gasteiger partial charge in [0.2, 0.25) is 0 Å². The first-order chi connectivity index (χ1) is 16.3. The third-order valence-corrected chi connectivity index (χ3v) is 6.54. The molecule has 0 unspecified atom stereocenters. The van der Waals surface area contributed by atoms with Gasteiger partial charge in [0.15, 0.2) is 5.69 Å². The Hall–Kier alpha value is -3.21. The molecular weight excluding hydrogens is 546 g/mol. The van der Waals surface area contributed by atoms with E-state index in [1.807, 2.05) is 0 Å². The Morgan fingerprint density at radius 3 is 2.76 bits per heavy atom. The third kappa shape index (κ3) is 4.56. The first-order valence-corrected chi connectivity index (χ1v) is 12.0. The second kappa shape index (κ2) is 9.96. The molecule has 0 atom stereocenters. The second-order valence-corrected chi connectivity index (χ2v) is 9.12. The third-order valence-electron chi connectivity index (χ3n) is 4.82. The van der Waals surface area contributed by atoms with Gasteiger partial charge in [-0.2, -0.15) is 9.78 Å². The van der Waals surface area contributed by atoms with Crippen LogP contribution in [0.15, 0.2) is 57.1 Å². The number of rotatable bonds is 6. The molecule has 34 heavy (non-hydrogen) atoms. The van der Waals surface area contributed by atoms with Gasteiger partial charge in [0.1, 0.15) is 10.8 Å². The monoisotopic (exact) mass is 561 g/mol. The van der Waals surface area contributed by atoms with E-state index in [1.54, 1.807) is 54.8 Å². The van der Waals surface area contributed by atoms with E-state index in [0.717, 1.165) is 16.0 Å². The van der Waals surface area contributed by atoms with Crippen LogP contribution in [0.3, 0.4) is 0 Å². The van der Waals surface area contributed by atoms with Crippen molar-refractivity contribution in [3.05, 3.63) is 79.0 Å². The summed E-state index contributed by atoms with van der Waals surface area (Å²) in [4.78, 5) is 39.2. The number of amides is 1. The van der Waals surface area contributed by atoms with Crippen LogP contribution >= 0.6 is 38.9 Å². The standard InChI is InChI=1S/C23H17BrClN3O5S/c1-3-33-23(31)19-16-11-34-21(26-20(29)15-9-12(24)7-8-17(15)25)18(16)22(30)28(27-19)13-5-4-6-14(10-13)32-2/h4-11H,3H2,1-2H3,(H,26,29). The summed E-state index contributed by atoms with van der Waals surface area (Å²) in [5.41, 5.74) is 0.0467. The Morgan fingerprint density at radius 1 is 1.24 bits per heavy atom. The number of esters is 1. The number of nitrogens with zero attached hydrogens (tertiary/aromatic N) is 2. The quantitative estimate of drug-likeness (QED) is 0.320. The van der Waals surface area contributed by atoms with Gasteiger partial charge in [-0.25, -0.2) is 4.79 Å². The normalized spacial score (nSPS) is 10.8. The van der Waals surface area contributed by atoms with Gasteiger partial charge < -0.3 is 14.8 Å². The molecule has 0 aliphatic carbocycles. The van der Waals surface area contributed by atoms with Crippen molar-refractivity contribution in [2.75, 3.05) is 19.0 Å². The van der Waals surface area contributed by atoms with Crippen LogP contribution in [0.2, 0.25) is 5.02 Å². The molecular formula is C23H17BrClN3O5S. The second-order valence-electron chi connectivity index (χ2n) is 6.92. The molecule has 0 aliphatic rings. The topological polar surface area (TPSA) is 99.5 Å². The Balaban J connectivity index is 1.90. The molecule has 0 aliphatic heterocycles. The maximum atomic E-state index is 13.5. The summed E-state index contributed by atoms with van der Waals surface area (Å²) in [5, 5.41) is 9.53. The largest absolute Gasteiger partial charge is 0.497 e. The molecule has 0 bridgehead atoms. The van der Waals surface area contributed by atoms with E-state index >= 15 is 0 Å². The molecule has 0 saturated heterocycles. The number of nitrogens with one attached hydrogen (secondary N) is 1. The average molecular weight is 563 g/mol. The smallest absolute Gasteiger partial charge is 0.359 e. The molecule has 11 heteroatoms. The Bertz CT molecular complexity index is 1480. The zero-order chi connectivity index (χ0) is 24.4. The lowest BCUT2D eigenvalue weighted by Crippen LogP contribution is -2.25. The summed E-state index contributed by atoms with van der Waals surface area (Å²) < 4.78 is 12.2. The molecule has 4 rings (SSSR count). The molecule has 0 radical (unpaired) electrons. The fourth-order valence-corrected chi connectivity index (χ4v) is 4.75. The van der Waals surface area contributed by atoms with Crippen molar-refractivity contribution < 1.29 is 19.1 Å². The predicted octanol–water partition coefficient (Wildman–Crippen LogP) is 5.30. The van der Waals surface area contributed by atoms with E-state index in [9.17, 15) is 14.4 Å². The number of carbonyl (C=O) groups is 2. The van der Waals surface area contributed by atoms with Crippen LogP contribution in [-0.2, 0) is 4.74 Å². The molecule has 174 valence electrons. The van der Waals surface area contributed by atoms with Gasteiger partial charge in [-0.3, -0.25) is 9.59 Å². The van der Waals surface area contributed by atoms with E-state index in [-0.39, 0.29) is 38.7 Å². The fourth-order valence-electron chi connectivity index (χ4n) is 3.25. The van der Waals surface area contributed by atoms with E-state index < -0.39 is 17.4 Å². The van der Waals surface area contributed by atoms with Crippen molar-refractivity contribution >= 4 is 66.5 Å². The van der Waals surface area contributed by atoms with Gasteiger partial charge in [0, 0.05) is 21.3 Å². The number of thiophene rings is 1. The number of carbonyl (C=O) groups excluding carboxylic acids is 2. The molecule has 1 N–H and O–H groups in total. The molecule has 1 amide bonds. The van der Waals surface area contributed by atoms with Gasteiger partial charge in [-0.1, -0.05) is 33.6 Å². The van der Waals surface area contributed by atoms with Crippen molar-refractivity contribution in [3.8, 4) is 11.4 Å². The Morgan fingerprint density at radius 2 is 2.03 bits per heavy atom. The van der Waals surface area contributed by atoms with Crippen molar-refractivity contribution in [1.82, 2.24) is 9.78 Å². The molecule has 0 spiro atoms. The Kier molecular flexibility index (Phi) is 7.01. The lowest BCUT2D eigenvalue weighted by atomic mass is 10.2. The van der Waals surface area contributed by atoms with Gasteiger partial charge in [0.05, 0.1) is 35.4 Å². The number of halogens is 2. The lowest BCUT2D eigenvalue weighted by Gasteiger charge is -2.11. The number of hydrogen-bond acceptors (Lipinski definition) is 7. The number of hydrogen-bond donors (Lipinski definition) is 1. The number of ether oxygens (including phenoxy) is 2. The summed E-state index contributed by atoms with van der Waals surface area (Å²) >= 11 is 10.6. The number of benzene rings is 2. The highest BCUT2D eigenvalue weighted by Gasteiger charge is 2.24. The van der Waals surface area contributed by atoms with Crippen LogP contribution in [0.1, 0.15) is 27.8 Å². The minimum Gasteiger partial charge on any atom is -0.497 e. The molecule has 0 fully saturated rings. The lowest BCUT2D eigenvalue weighted by molar-refractivity contribution is 0.0520. The van der Waals surface area contributed by atoms with Gasteiger partial charge in [-0.15, -0.1) is 11.3 Å². The van der Waals surface area contributed by atoms with E-state index in [1.165, 1.54) is 7.11 Å². The Labute approximate surface area is 211 Å². The summed E-state index contributed by atoms with van der Waals surface area (Å²) in [6.07, 6.45) is 0. The first kappa shape index (κ1) is 23.9. The van der Waals surface area contributed by atoms with E-state index in [2.05, 4.69) is 26.3 Å². The van der Waals surface area contributed by atoms with Crippen LogP contribution in [0.25, 0.3) is 16.5 Å². The maximum absolute atomic E-state index is 13.5. The summed E-state index contributed by atoms with van der Waals surface area (Å²) in [5.74, 6) is -0.682. The number of anilines is 1. The number of fused-ring (bicyclic) bond motifs is 1. The minimum atomic E-state index is -0.685. The van der Waals surface area contributed by atoms with E-state index in [4.69, 9.17) is 21.1 Å². The first-order valence-electron chi connectivity index (χ1n) is 9.96. The van der Waals surface area contributed by atoms with Crippen LogP contribution in [-0.4, -0.2) is 35.4 Å². The molecule has 4 aromatic rings. The highest BCUT2D eigenvalue weighted by molar-refractivity contribution is 9.10. The molecule has 2 aromatic carbocycles.